The fourth-order valence-electron chi connectivity index (χ4n) is 1.83. The summed E-state index contributed by atoms with van der Waals surface area (Å²) in [5, 5.41) is 3.35. The van der Waals surface area contributed by atoms with Gasteiger partial charge in [0.25, 0.3) is 0 Å². The molecule has 0 spiro atoms. The maximum absolute atomic E-state index is 11.4. The van der Waals surface area contributed by atoms with Crippen LogP contribution in [0.4, 0.5) is 0 Å². The molecule has 1 rings (SSSR count). The van der Waals surface area contributed by atoms with Crippen molar-refractivity contribution in [2.45, 2.75) is 32.7 Å². The summed E-state index contributed by atoms with van der Waals surface area (Å²) in [7, 11) is -2.86. The molecule has 0 saturated heterocycles. The molecule has 0 bridgehead atoms. The Balaban J connectivity index is 2.54. The fourth-order valence-corrected chi connectivity index (χ4v) is 2.73. The van der Waals surface area contributed by atoms with Gasteiger partial charge in [0.1, 0.15) is 9.84 Å². The van der Waals surface area contributed by atoms with E-state index < -0.39 is 9.84 Å². The smallest absolute Gasteiger partial charge is 0.150 e. The molecule has 0 aliphatic rings. The van der Waals surface area contributed by atoms with Gasteiger partial charge < -0.3 is 5.32 Å². The van der Waals surface area contributed by atoms with Gasteiger partial charge in [-0.3, -0.25) is 4.98 Å². The molecule has 5 heteroatoms. The monoisotopic (exact) mass is 270 g/mol. The average Bonchev–Trinajstić information content (AvgIpc) is 2.39. The van der Waals surface area contributed by atoms with Crippen molar-refractivity contribution in [1.82, 2.24) is 10.3 Å². The number of pyridine rings is 1. The van der Waals surface area contributed by atoms with Gasteiger partial charge in [0.05, 0.1) is 11.4 Å². The fraction of sp³-hybridized carbons (Fsp3) is 0.615. The highest BCUT2D eigenvalue weighted by Crippen LogP contribution is 2.16. The first kappa shape index (κ1) is 15.1. The highest BCUT2D eigenvalue weighted by Gasteiger charge is 2.13. The first-order valence-electron chi connectivity index (χ1n) is 6.43. The Labute approximate surface area is 110 Å². The lowest BCUT2D eigenvalue weighted by atomic mass is 10.1. The summed E-state index contributed by atoms with van der Waals surface area (Å²) >= 11 is 0. The molecule has 1 atom stereocenters. The molecule has 1 unspecified atom stereocenters. The Hall–Kier alpha value is -0.940. The third kappa shape index (κ3) is 5.14. The maximum atomic E-state index is 11.4. The van der Waals surface area contributed by atoms with Crippen LogP contribution in [0.5, 0.6) is 0 Å². The molecule has 0 amide bonds. The standard InChI is InChI=1S/C13H22N2O2S/c1-3-14-12(13-8-5-6-10-15-13)9-7-11-18(16,17)4-2/h5-6,8,10,12,14H,3-4,7,9,11H2,1-2H3. The number of nitrogens with one attached hydrogen (secondary N) is 1. The summed E-state index contributed by atoms with van der Waals surface area (Å²) < 4.78 is 22.9. The second-order valence-corrected chi connectivity index (χ2v) is 6.72. The van der Waals surface area contributed by atoms with Crippen LogP contribution in [-0.4, -0.2) is 31.5 Å². The topological polar surface area (TPSA) is 59.1 Å². The van der Waals surface area contributed by atoms with Gasteiger partial charge in [-0.05, 0) is 31.5 Å². The molecule has 102 valence electrons. The predicted molar refractivity (Wildman–Crippen MR) is 74.2 cm³/mol. The minimum atomic E-state index is -2.86. The van der Waals surface area contributed by atoms with Crippen LogP contribution in [0.1, 0.15) is 38.4 Å². The van der Waals surface area contributed by atoms with Gasteiger partial charge in [0, 0.05) is 18.0 Å². The summed E-state index contributed by atoms with van der Waals surface area (Å²) in [5.41, 5.74) is 0.980. The van der Waals surface area contributed by atoms with E-state index in [-0.39, 0.29) is 17.5 Å². The number of hydrogen-bond acceptors (Lipinski definition) is 4. The Morgan fingerprint density at radius 1 is 1.33 bits per heavy atom. The number of aromatic nitrogens is 1. The molecular formula is C13H22N2O2S. The van der Waals surface area contributed by atoms with Crippen molar-refractivity contribution < 1.29 is 8.42 Å². The van der Waals surface area contributed by atoms with Crippen molar-refractivity contribution in [1.29, 1.82) is 0 Å². The van der Waals surface area contributed by atoms with Gasteiger partial charge in [-0.25, -0.2) is 8.42 Å². The lowest BCUT2D eigenvalue weighted by Crippen LogP contribution is -2.22. The molecule has 1 aromatic rings. The van der Waals surface area contributed by atoms with Crippen molar-refractivity contribution in [2.24, 2.45) is 0 Å². The van der Waals surface area contributed by atoms with Crippen molar-refractivity contribution in [3.63, 3.8) is 0 Å². The number of sulfone groups is 1. The highest BCUT2D eigenvalue weighted by molar-refractivity contribution is 7.91. The zero-order valence-corrected chi connectivity index (χ0v) is 11.9. The van der Waals surface area contributed by atoms with Crippen molar-refractivity contribution in [3.05, 3.63) is 30.1 Å². The van der Waals surface area contributed by atoms with Crippen molar-refractivity contribution in [2.75, 3.05) is 18.1 Å². The molecule has 18 heavy (non-hydrogen) atoms. The summed E-state index contributed by atoms with van der Waals surface area (Å²) in [6.07, 6.45) is 3.23. The SMILES string of the molecule is CCNC(CCCS(=O)(=O)CC)c1ccccn1. The van der Waals surface area contributed by atoms with E-state index in [2.05, 4.69) is 10.3 Å². The third-order valence-electron chi connectivity index (χ3n) is 2.88. The Kier molecular flexibility index (Phi) is 6.29. The molecule has 1 aromatic heterocycles. The first-order valence-corrected chi connectivity index (χ1v) is 8.26. The summed E-state index contributed by atoms with van der Waals surface area (Å²) in [5.74, 6) is 0.487. The van der Waals surface area contributed by atoms with Crippen LogP contribution in [0.3, 0.4) is 0 Å². The minimum Gasteiger partial charge on any atom is -0.309 e. The van der Waals surface area contributed by atoms with E-state index in [0.29, 0.717) is 6.42 Å². The molecule has 0 saturated carbocycles. The van der Waals surface area contributed by atoms with Crippen LogP contribution in [0.2, 0.25) is 0 Å². The van der Waals surface area contributed by atoms with Crippen LogP contribution in [0, 0.1) is 0 Å². The molecule has 0 aliphatic carbocycles. The van der Waals surface area contributed by atoms with E-state index >= 15 is 0 Å². The number of nitrogens with zero attached hydrogens (tertiary/aromatic N) is 1. The number of rotatable bonds is 8. The van der Waals surface area contributed by atoms with Crippen LogP contribution in [-0.2, 0) is 9.84 Å². The predicted octanol–water partition coefficient (Wildman–Crippen LogP) is 1.95. The second-order valence-electron chi connectivity index (χ2n) is 4.24. The van der Waals surface area contributed by atoms with Gasteiger partial charge in [-0.1, -0.05) is 19.9 Å². The maximum Gasteiger partial charge on any atom is 0.150 e. The van der Waals surface area contributed by atoms with E-state index in [9.17, 15) is 8.42 Å². The Morgan fingerprint density at radius 2 is 2.11 bits per heavy atom. The van der Waals surface area contributed by atoms with Gasteiger partial charge >= 0.3 is 0 Å². The molecule has 0 radical (unpaired) electrons. The minimum absolute atomic E-state index is 0.142. The molecule has 1 heterocycles. The van der Waals surface area contributed by atoms with Crippen molar-refractivity contribution in [3.8, 4) is 0 Å². The third-order valence-corrected chi connectivity index (χ3v) is 4.67. The largest absolute Gasteiger partial charge is 0.309 e. The molecular weight excluding hydrogens is 248 g/mol. The quantitative estimate of drug-likeness (QED) is 0.784. The summed E-state index contributed by atoms with van der Waals surface area (Å²) in [4.78, 5) is 4.32. The lowest BCUT2D eigenvalue weighted by molar-refractivity contribution is 0.496. The Morgan fingerprint density at radius 3 is 2.67 bits per heavy atom. The van der Waals surface area contributed by atoms with E-state index in [1.165, 1.54) is 0 Å². The average molecular weight is 270 g/mol. The second kappa shape index (κ2) is 7.48. The van der Waals surface area contributed by atoms with Crippen LogP contribution in [0.15, 0.2) is 24.4 Å². The number of hydrogen-bond donors (Lipinski definition) is 1. The summed E-state index contributed by atoms with van der Waals surface area (Å²) in [6.45, 7) is 4.58. The molecule has 0 aliphatic heterocycles. The zero-order valence-electron chi connectivity index (χ0n) is 11.1. The van der Waals surface area contributed by atoms with Crippen molar-refractivity contribution >= 4 is 9.84 Å². The van der Waals surface area contributed by atoms with Gasteiger partial charge in [-0.2, -0.15) is 0 Å². The van der Waals surface area contributed by atoms with Crippen LogP contribution in [0.25, 0.3) is 0 Å². The first-order chi connectivity index (χ1) is 8.59. The Bertz CT molecular complexity index is 432. The zero-order chi connectivity index (χ0) is 13.4. The van der Waals surface area contributed by atoms with Crippen LogP contribution < -0.4 is 5.32 Å². The molecule has 1 N–H and O–H groups in total. The van der Waals surface area contributed by atoms with E-state index in [1.54, 1.807) is 13.1 Å². The summed E-state index contributed by atoms with van der Waals surface area (Å²) in [6, 6.07) is 5.95. The van der Waals surface area contributed by atoms with Gasteiger partial charge in [0.2, 0.25) is 0 Å². The van der Waals surface area contributed by atoms with Crippen LogP contribution >= 0.6 is 0 Å². The van der Waals surface area contributed by atoms with Gasteiger partial charge in [-0.15, -0.1) is 0 Å². The van der Waals surface area contributed by atoms with E-state index in [4.69, 9.17) is 0 Å². The normalized spacial score (nSPS) is 13.4. The van der Waals surface area contributed by atoms with Gasteiger partial charge in [0.15, 0.2) is 0 Å². The molecule has 0 fully saturated rings. The van der Waals surface area contributed by atoms with E-state index in [0.717, 1.165) is 18.7 Å². The molecule has 4 nitrogen and oxygen atoms in total. The highest BCUT2D eigenvalue weighted by atomic mass is 32.2. The lowest BCUT2D eigenvalue weighted by Gasteiger charge is -2.17. The van der Waals surface area contributed by atoms with E-state index in [1.807, 2.05) is 25.1 Å². The molecule has 0 aromatic carbocycles.